The minimum absolute atomic E-state index is 0.132. The van der Waals surface area contributed by atoms with E-state index in [4.69, 9.17) is 5.73 Å². The maximum absolute atomic E-state index is 9.95. The number of hydrogen-bond acceptors (Lipinski definition) is 2. The molecule has 0 fully saturated rings. The van der Waals surface area contributed by atoms with Crippen molar-refractivity contribution < 1.29 is 4.79 Å². The van der Waals surface area contributed by atoms with Crippen molar-refractivity contribution in [1.82, 2.24) is 0 Å². The van der Waals surface area contributed by atoms with Gasteiger partial charge < -0.3 is 5.73 Å². The van der Waals surface area contributed by atoms with E-state index in [1.165, 1.54) is 0 Å². The van der Waals surface area contributed by atoms with Crippen LogP contribution in [-0.2, 0) is 4.79 Å². The fourth-order valence-electron chi connectivity index (χ4n) is 0.268. The summed E-state index contributed by atoms with van der Waals surface area (Å²) in [6, 6.07) is 0. The average molecular weight is 113 g/mol. The third-order valence-electron chi connectivity index (χ3n) is 1.14. The molecule has 2 N–H and O–H groups in total. The van der Waals surface area contributed by atoms with Crippen LogP contribution in [0.3, 0.4) is 0 Å². The Morgan fingerprint density at radius 2 is 2.50 bits per heavy atom. The largest absolute Gasteiger partial charge is 0.330 e. The normalized spacial score (nSPS) is 12.8. The van der Waals surface area contributed by atoms with E-state index < -0.39 is 0 Å². The molecule has 0 heterocycles. The lowest BCUT2D eigenvalue weighted by Crippen LogP contribution is -2.12. The predicted octanol–water partition coefficient (Wildman–Crippen LogP) is 0.336. The Kier molecular flexibility index (Phi) is 3.12. The van der Waals surface area contributed by atoms with Crippen molar-refractivity contribution in [2.45, 2.75) is 6.92 Å². The topological polar surface area (TPSA) is 43.1 Å². The maximum Gasteiger partial charge on any atom is 0.145 e. The molecule has 8 heavy (non-hydrogen) atoms. The van der Waals surface area contributed by atoms with Crippen LogP contribution >= 0.6 is 0 Å². The first-order valence-electron chi connectivity index (χ1n) is 2.56. The molecule has 0 aromatic heterocycles. The van der Waals surface area contributed by atoms with Gasteiger partial charge in [-0.2, -0.15) is 0 Å². The van der Waals surface area contributed by atoms with E-state index in [2.05, 4.69) is 6.58 Å². The Bertz CT molecular complexity index is 98.7. The zero-order valence-electron chi connectivity index (χ0n) is 5.05. The highest BCUT2D eigenvalue weighted by atomic mass is 16.1. The molecular formula is C6H11NO. The van der Waals surface area contributed by atoms with Gasteiger partial charge in [0.25, 0.3) is 0 Å². The monoisotopic (exact) mass is 113 g/mol. The fourth-order valence-corrected chi connectivity index (χ4v) is 0.268. The highest BCUT2D eigenvalue weighted by Crippen LogP contribution is 2.00. The molecule has 2 nitrogen and oxygen atoms in total. The molecule has 0 saturated carbocycles. The highest BCUT2D eigenvalue weighted by molar-refractivity contribution is 5.72. The summed E-state index contributed by atoms with van der Waals surface area (Å²) in [5.41, 5.74) is 5.81. The van der Waals surface area contributed by atoms with E-state index in [0.717, 1.165) is 6.29 Å². The molecule has 0 saturated heterocycles. The first kappa shape index (κ1) is 7.37. The molecule has 0 spiro atoms. The Balaban J connectivity index is 3.62. The van der Waals surface area contributed by atoms with Crippen molar-refractivity contribution in [3.8, 4) is 0 Å². The quantitative estimate of drug-likeness (QED) is 0.423. The van der Waals surface area contributed by atoms with Gasteiger partial charge in [-0.15, -0.1) is 0 Å². The van der Waals surface area contributed by atoms with Gasteiger partial charge in [-0.3, -0.25) is 4.79 Å². The molecule has 0 aromatic carbocycles. The molecule has 0 rings (SSSR count). The Hall–Kier alpha value is -0.630. The zero-order chi connectivity index (χ0) is 6.57. The summed E-state index contributed by atoms with van der Waals surface area (Å²) in [6.45, 7) is 5.87. The van der Waals surface area contributed by atoms with Gasteiger partial charge in [-0.25, -0.2) is 0 Å². The standard InChI is InChI=1S/C6H11NO/c1-5(3-7)6(2)4-8/h4-5H,2-3,7H2,1H3. The maximum atomic E-state index is 9.95. The van der Waals surface area contributed by atoms with Crippen molar-refractivity contribution >= 4 is 6.29 Å². The smallest absolute Gasteiger partial charge is 0.145 e. The summed E-state index contributed by atoms with van der Waals surface area (Å²) in [6.07, 6.45) is 0.748. The van der Waals surface area contributed by atoms with Gasteiger partial charge in [0.05, 0.1) is 0 Å². The minimum atomic E-state index is 0.132. The number of carbonyl (C=O) groups excluding carboxylic acids is 1. The predicted molar refractivity (Wildman–Crippen MR) is 33.4 cm³/mol. The number of hydrogen-bond donors (Lipinski definition) is 1. The summed E-state index contributed by atoms with van der Waals surface area (Å²) in [4.78, 5) is 9.95. The first-order chi connectivity index (χ1) is 3.72. The van der Waals surface area contributed by atoms with Crippen molar-refractivity contribution in [3.63, 3.8) is 0 Å². The molecule has 0 radical (unpaired) electrons. The summed E-state index contributed by atoms with van der Waals surface area (Å²) in [7, 11) is 0. The van der Waals surface area contributed by atoms with Crippen molar-refractivity contribution in [1.29, 1.82) is 0 Å². The van der Waals surface area contributed by atoms with E-state index in [-0.39, 0.29) is 5.92 Å². The van der Waals surface area contributed by atoms with Crippen LogP contribution in [0.2, 0.25) is 0 Å². The SMILES string of the molecule is C=C(C=O)C(C)CN. The van der Waals surface area contributed by atoms with Crippen LogP contribution in [0.1, 0.15) is 6.92 Å². The zero-order valence-corrected chi connectivity index (χ0v) is 5.05. The molecule has 0 aliphatic carbocycles. The second-order valence-corrected chi connectivity index (χ2v) is 1.83. The summed E-state index contributed by atoms with van der Waals surface area (Å²) in [5.74, 6) is 0.132. The Morgan fingerprint density at radius 3 is 2.62 bits per heavy atom. The second kappa shape index (κ2) is 3.38. The second-order valence-electron chi connectivity index (χ2n) is 1.83. The van der Waals surface area contributed by atoms with E-state index in [1.807, 2.05) is 6.92 Å². The fraction of sp³-hybridized carbons (Fsp3) is 0.500. The summed E-state index contributed by atoms with van der Waals surface area (Å²) >= 11 is 0. The van der Waals surface area contributed by atoms with E-state index in [9.17, 15) is 4.79 Å². The van der Waals surface area contributed by atoms with Gasteiger partial charge in [0.2, 0.25) is 0 Å². The number of rotatable bonds is 3. The molecule has 0 aliphatic heterocycles. The van der Waals surface area contributed by atoms with Crippen LogP contribution in [0.25, 0.3) is 0 Å². The number of nitrogens with two attached hydrogens (primary N) is 1. The molecule has 1 unspecified atom stereocenters. The van der Waals surface area contributed by atoms with Crippen LogP contribution in [0.5, 0.6) is 0 Å². The Morgan fingerprint density at radius 1 is 2.00 bits per heavy atom. The van der Waals surface area contributed by atoms with Crippen molar-refractivity contribution in [3.05, 3.63) is 12.2 Å². The minimum Gasteiger partial charge on any atom is -0.330 e. The molecular weight excluding hydrogens is 102 g/mol. The van der Waals surface area contributed by atoms with E-state index in [0.29, 0.717) is 12.1 Å². The molecule has 46 valence electrons. The lowest BCUT2D eigenvalue weighted by Gasteiger charge is -2.02. The lowest BCUT2D eigenvalue weighted by molar-refractivity contribution is -0.105. The Labute approximate surface area is 49.4 Å². The molecule has 0 aliphatic rings. The van der Waals surface area contributed by atoms with Gasteiger partial charge in [0.1, 0.15) is 6.29 Å². The number of carbonyl (C=O) groups is 1. The van der Waals surface area contributed by atoms with Crippen LogP contribution in [0.4, 0.5) is 0 Å². The van der Waals surface area contributed by atoms with Crippen LogP contribution < -0.4 is 5.73 Å². The summed E-state index contributed by atoms with van der Waals surface area (Å²) in [5, 5.41) is 0. The van der Waals surface area contributed by atoms with E-state index in [1.54, 1.807) is 0 Å². The van der Waals surface area contributed by atoms with Gasteiger partial charge in [0, 0.05) is 0 Å². The van der Waals surface area contributed by atoms with Crippen molar-refractivity contribution in [2.24, 2.45) is 11.7 Å². The van der Waals surface area contributed by atoms with Gasteiger partial charge in [-0.1, -0.05) is 13.5 Å². The van der Waals surface area contributed by atoms with Gasteiger partial charge >= 0.3 is 0 Å². The van der Waals surface area contributed by atoms with Crippen LogP contribution in [0.15, 0.2) is 12.2 Å². The molecule has 0 aromatic rings. The number of aldehydes is 1. The molecule has 0 amide bonds. The van der Waals surface area contributed by atoms with Crippen LogP contribution in [-0.4, -0.2) is 12.8 Å². The summed E-state index contributed by atoms with van der Waals surface area (Å²) < 4.78 is 0. The third kappa shape index (κ3) is 1.89. The highest BCUT2D eigenvalue weighted by Gasteiger charge is 2.00. The third-order valence-corrected chi connectivity index (χ3v) is 1.14. The molecule has 0 bridgehead atoms. The average Bonchev–Trinajstić information content (AvgIpc) is 1.84. The van der Waals surface area contributed by atoms with Gasteiger partial charge in [0.15, 0.2) is 0 Å². The lowest BCUT2D eigenvalue weighted by atomic mass is 10.1. The van der Waals surface area contributed by atoms with E-state index >= 15 is 0 Å². The van der Waals surface area contributed by atoms with Gasteiger partial charge in [-0.05, 0) is 18.0 Å². The molecule has 1 atom stereocenters. The van der Waals surface area contributed by atoms with Crippen LogP contribution in [0, 0.1) is 5.92 Å². The molecule has 2 heteroatoms. The van der Waals surface area contributed by atoms with Crippen molar-refractivity contribution in [2.75, 3.05) is 6.54 Å². The first-order valence-corrected chi connectivity index (χ1v) is 2.56.